The van der Waals surface area contributed by atoms with Crippen LogP contribution < -0.4 is 0 Å². The van der Waals surface area contributed by atoms with Gasteiger partial charge in [0.2, 0.25) is 0 Å². The quantitative estimate of drug-likeness (QED) is 0.613. The van der Waals surface area contributed by atoms with Crippen LogP contribution in [0.3, 0.4) is 0 Å². The van der Waals surface area contributed by atoms with Crippen LogP contribution in [0.5, 0.6) is 0 Å². The topological polar surface area (TPSA) is 57.6 Å². The van der Waals surface area contributed by atoms with Crippen molar-refractivity contribution < 1.29 is 14.7 Å². The molecule has 1 aromatic rings. The van der Waals surface area contributed by atoms with E-state index in [1.807, 2.05) is 38.1 Å². The fraction of sp³-hybridized carbons (Fsp3) is 0.389. The van der Waals surface area contributed by atoms with E-state index in [4.69, 9.17) is 12.2 Å². The number of thioether (sulfide) groups is 1. The van der Waals surface area contributed by atoms with Gasteiger partial charge in [0.15, 0.2) is 0 Å². The summed E-state index contributed by atoms with van der Waals surface area (Å²) >= 11 is 6.44. The Labute approximate surface area is 151 Å². The van der Waals surface area contributed by atoms with Crippen molar-refractivity contribution in [2.75, 3.05) is 0 Å². The van der Waals surface area contributed by atoms with E-state index in [-0.39, 0.29) is 11.8 Å². The standard InChI is InChI=1S/C18H21NO3S2/c1-4-11(3)15(17(21)22)19-16(20)14(24-18(19)23)10-13-8-6-12(5-2)7-9-13/h6-11,15H,4-5H2,1-3H3,(H,21,22)/b14-10-/t11-,15+/m1/s1. The number of thiocarbonyl (C=S) groups is 1. The monoisotopic (exact) mass is 363 g/mol. The highest BCUT2D eigenvalue weighted by Crippen LogP contribution is 2.36. The van der Waals surface area contributed by atoms with Crippen molar-refractivity contribution in [2.24, 2.45) is 5.92 Å². The van der Waals surface area contributed by atoms with E-state index in [0.29, 0.717) is 15.6 Å². The molecule has 1 aliphatic heterocycles. The molecule has 0 aromatic heterocycles. The molecule has 1 amide bonds. The Balaban J connectivity index is 2.29. The molecule has 1 fully saturated rings. The SMILES string of the molecule is CCc1ccc(/C=C2\SC(=S)N([C@H](C(=O)O)[C@H](C)CC)C2=O)cc1. The summed E-state index contributed by atoms with van der Waals surface area (Å²) in [4.78, 5) is 26.1. The highest BCUT2D eigenvalue weighted by Gasteiger charge is 2.42. The van der Waals surface area contributed by atoms with Crippen LogP contribution in [0.2, 0.25) is 0 Å². The second kappa shape index (κ2) is 7.94. The zero-order chi connectivity index (χ0) is 17.9. The van der Waals surface area contributed by atoms with Gasteiger partial charge in [-0.1, -0.05) is 75.4 Å². The Kier molecular flexibility index (Phi) is 6.18. The summed E-state index contributed by atoms with van der Waals surface area (Å²) in [7, 11) is 0. The molecule has 1 aromatic carbocycles. The van der Waals surface area contributed by atoms with Gasteiger partial charge in [-0.25, -0.2) is 4.79 Å². The van der Waals surface area contributed by atoms with E-state index >= 15 is 0 Å². The highest BCUT2D eigenvalue weighted by molar-refractivity contribution is 8.26. The number of amides is 1. The van der Waals surface area contributed by atoms with Crippen molar-refractivity contribution in [1.82, 2.24) is 4.90 Å². The molecule has 4 nitrogen and oxygen atoms in total. The van der Waals surface area contributed by atoms with Crippen molar-refractivity contribution in [2.45, 2.75) is 39.7 Å². The molecule has 1 aliphatic rings. The number of hydrogen-bond acceptors (Lipinski definition) is 4. The van der Waals surface area contributed by atoms with Crippen molar-refractivity contribution in [3.05, 3.63) is 40.3 Å². The van der Waals surface area contributed by atoms with Gasteiger partial charge < -0.3 is 5.11 Å². The maximum Gasteiger partial charge on any atom is 0.327 e. The number of carbonyl (C=O) groups excluding carboxylic acids is 1. The van der Waals surface area contributed by atoms with E-state index in [1.165, 1.54) is 22.2 Å². The predicted molar refractivity (Wildman–Crippen MR) is 102 cm³/mol. The number of carbonyl (C=O) groups is 2. The van der Waals surface area contributed by atoms with Crippen molar-refractivity contribution >= 4 is 46.3 Å². The average Bonchev–Trinajstić information content (AvgIpc) is 2.83. The number of hydrogen-bond donors (Lipinski definition) is 1. The van der Waals surface area contributed by atoms with Crippen molar-refractivity contribution in [3.8, 4) is 0 Å². The first-order valence-electron chi connectivity index (χ1n) is 7.97. The third-order valence-electron chi connectivity index (χ3n) is 4.22. The number of benzene rings is 1. The Morgan fingerprint density at radius 1 is 1.33 bits per heavy atom. The Morgan fingerprint density at radius 3 is 2.46 bits per heavy atom. The molecule has 24 heavy (non-hydrogen) atoms. The van der Waals surface area contributed by atoms with Gasteiger partial charge in [0.1, 0.15) is 10.4 Å². The number of aliphatic carboxylic acids is 1. The largest absolute Gasteiger partial charge is 0.480 e. The third kappa shape index (κ3) is 3.87. The lowest BCUT2D eigenvalue weighted by Gasteiger charge is -2.27. The second-order valence-electron chi connectivity index (χ2n) is 5.82. The van der Waals surface area contributed by atoms with Gasteiger partial charge in [0.25, 0.3) is 5.91 Å². The van der Waals surface area contributed by atoms with Gasteiger partial charge in [-0.3, -0.25) is 9.69 Å². The molecule has 1 saturated heterocycles. The zero-order valence-corrected chi connectivity index (χ0v) is 15.6. The molecular weight excluding hydrogens is 342 g/mol. The summed E-state index contributed by atoms with van der Waals surface area (Å²) in [5.41, 5.74) is 2.13. The molecule has 0 saturated carbocycles. The first-order chi connectivity index (χ1) is 11.4. The van der Waals surface area contributed by atoms with Crippen LogP contribution in [-0.2, 0) is 16.0 Å². The molecule has 1 N–H and O–H groups in total. The van der Waals surface area contributed by atoms with E-state index in [2.05, 4.69) is 6.92 Å². The number of aryl methyl sites for hydroxylation is 1. The molecule has 0 radical (unpaired) electrons. The van der Waals surface area contributed by atoms with Crippen LogP contribution in [0.25, 0.3) is 6.08 Å². The van der Waals surface area contributed by atoms with Crippen LogP contribution in [0.4, 0.5) is 0 Å². The lowest BCUT2D eigenvalue weighted by molar-refractivity contribution is -0.147. The van der Waals surface area contributed by atoms with Gasteiger partial charge in [-0.15, -0.1) is 0 Å². The molecule has 0 unspecified atom stereocenters. The van der Waals surface area contributed by atoms with Gasteiger partial charge in [0, 0.05) is 0 Å². The minimum atomic E-state index is -1.02. The minimum Gasteiger partial charge on any atom is -0.480 e. The molecule has 2 rings (SSSR count). The number of carboxylic acids is 1. The van der Waals surface area contributed by atoms with Crippen LogP contribution in [-0.4, -0.2) is 32.2 Å². The lowest BCUT2D eigenvalue weighted by atomic mass is 9.98. The van der Waals surface area contributed by atoms with E-state index in [0.717, 1.165) is 12.0 Å². The van der Waals surface area contributed by atoms with Gasteiger partial charge >= 0.3 is 5.97 Å². The highest BCUT2D eigenvalue weighted by atomic mass is 32.2. The zero-order valence-electron chi connectivity index (χ0n) is 14.0. The maximum absolute atomic E-state index is 12.7. The maximum atomic E-state index is 12.7. The summed E-state index contributed by atoms with van der Waals surface area (Å²) in [6.07, 6.45) is 3.39. The summed E-state index contributed by atoms with van der Waals surface area (Å²) < 4.78 is 0.309. The normalized spacial score (nSPS) is 19.0. The number of nitrogens with zero attached hydrogens (tertiary/aromatic N) is 1. The van der Waals surface area contributed by atoms with Gasteiger partial charge in [-0.05, 0) is 29.5 Å². The Bertz CT molecular complexity index is 682. The molecule has 0 bridgehead atoms. The van der Waals surface area contributed by atoms with Crippen LogP contribution in [0, 0.1) is 5.92 Å². The Hall–Kier alpha value is -1.66. The summed E-state index contributed by atoms with van der Waals surface area (Å²) in [6, 6.07) is 7.02. The van der Waals surface area contributed by atoms with E-state index in [1.54, 1.807) is 6.08 Å². The predicted octanol–water partition coefficient (Wildman–Crippen LogP) is 3.95. The van der Waals surface area contributed by atoms with E-state index < -0.39 is 12.0 Å². The number of carboxylic acid groups (broad SMARTS) is 1. The molecule has 0 aliphatic carbocycles. The molecule has 0 spiro atoms. The van der Waals surface area contributed by atoms with Gasteiger partial charge in [-0.2, -0.15) is 0 Å². The fourth-order valence-electron chi connectivity index (χ4n) is 2.55. The second-order valence-corrected chi connectivity index (χ2v) is 7.49. The van der Waals surface area contributed by atoms with E-state index in [9.17, 15) is 14.7 Å². The average molecular weight is 364 g/mol. The minimum absolute atomic E-state index is 0.173. The number of rotatable bonds is 6. The molecule has 2 atom stereocenters. The van der Waals surface area contributed by atoms with Crippen molar-refractivity contribution in [1.29, 1.82) is 0 Å². The molecule has 6 heteroatoms. The summed E-state index contributed by atoms with van der Waals surface area (Å²) in [5, 5.41) is 9.52. The molecule has 1 heterocycles. The summed E-state index contributed by atoms with van der Waals surface area (Å²) in [6.45, 7) is 5.81. The third-order valence-corrected chi connectivity index (χ3v) is 5.55. The lowest BCUT2D eigenvalue weighted by Crippen LogP contribution is -2.47. The fourth-order valence-corrected chi connectivity index (χ4v) is 3.88. The molecular formula is C18H21NO3S2. The molecule has 128 valence electrons. The van der Waals surface area contributed by atoms with Crippen LogP contribution in [0.15, 0.2) is 29.2 Å². The van der Waals surface area contributed by atoms with Crippen molar-refractivity contribution in [3.63, 3.8) is 0 Å². The van der Waals surface area contributed by atoms with Gasteiger partial charge in [0.05, 0.1) is 4.91 Å². The van der Waals surface area contributed by atoms with Crippen LogP contribution in [0.1, 0.15) is 38.3 Å². The van der Waals surface area contributed by atoms with Crippen LogP contribution >= 0.6 is 24.0 Å². The Morgan fingerprint density at radius 2 is 1.96 bits per heavy atom. The summed E-state index contributed by atoms with van der Waals surface area (Å²) in [5.74, 6) is -1.51. The first-order valence-corrected chi connectivity index (χ1v) is 9.20. The first kappa shape index (κ1) is 18.7. The smallest absolute Gasteiger partial charge is 0.327 e.